The van der Waals surface area contributed by atoms with E-state index in [1.807, 2.05) is 0 Å². The van der Waals surface area contributed by atoms with E-state index in [1.165, 1.54) is 6.92 Å². The minimum atomic E-state index is -0.855. The van der Waals surface area contributed by atoms with Gasteiger partial charge in [0.1, 0.15) is 0 Å². The Kier molecular flexibility index (Phi) is 3.64. The fourth-order valence-corrected chi connectivity index (χ4v) is 2.04. The van der Waals surface area contributed by atoms with Crippen molar-refractivity contribution in [1.29, 1.82) is 0 Å². The van der Waals surface area contributed by atoms with Crippen molar-refractivity contribution in [3.63, 3.8) is 0 Å². The Labute approximate surface area is 109 Å². The second kappa shape index (κ2) is 5.04. The second-order valence-corrected chi connectivity index (χ2v) is 4.50. The maximum absolute atomic E-state index is 13.9. The summed E-state index contributed by atoms with van der Waals surface area (Å²) < 4.78 is 27.5. The van der Waals surface area contributed by atoms with E-state index in [2.05, 4.69) is 0 Å². The minimum absolute atomic E-state index is 0.204. The summed E-state index contributed by atoms with van der Waals surface area (Å²) in [6.45, 7) is 1.73. The van der Waals surface area contributed by atoms with Crippen LogP contribution in [0.1, 0.15) is 11.1 Å². The first-order chi connectivity index (χ1) is 8.54. The molecule has 1 nitrogen and oxygen atoms in total. The monoisotopic (exact) mass is 267 g/mol. The first kappa shape index (κ1) is 13.0. The summed E-state index contributed by atoms with van der Waals surface area (Å²) in [5.41, 5.74) is 7.33. The van der Waals surface area contributed by atoms with E-state index in [1.54, 1.807) is 30.3 Å². The molecule has 0 saturated heterocycles. The number of nitrogens with two attached hydrogens (primary N) is 1. The number of hydrogen-bond donors (Lipinski definition) is 1. The van der Waals surface area contributed by atoms with Gasteiger partial charge in [-0.05, 0) is 35.7 Å². The van der Waals surface area contributed by atoms with Crippen LogP contribution in [0.2, 0.25) is 5.02 Å². The Bertz CT molecular complexity index is 597. The Morgan fingerprint density at radius 2 is 1.72 bits per heavy atom. The maximum Gasteiger partial charge on any atom is 0.166 e. The van der Waals surface area contributed by atoms with E-state index < -0.39 is 11.6 Å². The van der Waals surface area contributed by atoms with Crippen LogP contribution in [0.3, 0.4) is 0 Å². The number of benzene rings is 2. The largest absolute Gasteiger partial charge is 0.326 e. The molecule has 0 aromatic heterocycles. The molecule has 0 saturated carbocycles. The average Bonchev–Trinajstić information content (AvgIpc) is 2.37. The van der Waals surface area contributed by atoms with Gasteiger partial charge in [-0.1, -0.05) is 29.8 Å². The molecule has 18 heavy (non-hydrogen) atoms. The summed E-state index contributed by atoms with van der Waals surface area (Å²) in [7, 11) is 0. The molecule has 0 heterocycles. The first-order valence-corrected chi connectivity index (χ1v) is 5.86. The third-order valence-electron chi connectivity index (χ3n) is 2.85. The highest BCUT2D eigenvalue weighted by Gasteiger charge is 2.14. The standard InChI is InChI=1S/C14H12ClF2N/c1-8-2-4-12(14(17)13(8)16)11-5-3-10(15)6-9(11)7-18/h2-6H,7,18H2,1H3. The van der Waals surface area contributed by atoms with E-state index in [0.29, 0.717) is 16.1 Å². The van der Waals surface area contributed by atoms with Crippen LogP contribution in [0.25, 0.3) is 11.1 Å². The van der Waals surface area contributed by atoms with Crippen LogP contribution in [0.5, 0.6) is 0 Å². The average molecular weight is 268 g/mol. The van der Waals surface area contributed by atoms with Gasteiger partial charge in [-0.3, -0.25) is 0 Å². The lowest BCUT2D eigenvalue weighted by atomic mass is 9.98. The molecular formula is C14H12ClF2N. The van der Waals surface area contributed by atoms with Gasteiger partial charge in [0.25, 0.3) is 0 Å². The van der Waals surface area contributed by atoms with Gasteiger partial charge in [0, 0.05) is 17.1 Å². The van der Waals surface area contributed by atoms with E-state index >= 15 is 0 Å². The molecule has 4 heteroatoms. The summed E-state index contributed by atoms with van der Waals surface area (Å²) in [6.07, 6.45) is 0. The molecule has 0 aliphatic heterocycles. The van der Waals surface area contributed by atoms with Crippen molar-refractivity contribution in [1.82, 2.24) is 0 Å². The first-order valence-electron chi connectivity index (χ1n) is 5.48. The highest BCUT2D eigenvalue weighted by atomic mass is 35.5. The van der Waals surface area contributed by atoms with Gasteiger partial charge in [0.15, 0.2) is 11.6 Å². The zero-order chi connectivity index (χ0) is 13.3. The van der Waals surface area contributed by atoms with Crippen molar-refractivity contribution >= 4 is 11.6 Å². The number of hydrogen-bond acceptors (Lipinski definition) is 1. The van der Waals surface area contributed by atoms with Crippen molar-refractivity contribution in [3.8, 4) is 11.1 Å². The quantitative estimate of drug-likeness (QED) is 0.873. The smallest absolute Gasteiger partial charge is 0.166 e. The van der Waals surface area contributed by atoms with Gasteiger partial charge in [-0.15, -0.1) is 0 Å². The molecular weight excluding hydrogens is 256 g/mol. The topological polar surface area (TPSA) is 26.0 Å². The molecule has 0 aliphatic carbocycles. The second-order valence-electron chi connectivity index (χ2n) is 4.06. The van der Waals surface area contributed by atoms with Gasteiger partial charge >= 0.3 is 0 Å². The van der Waals surface area contributed by atoms with Crippen LogP contribution in [0, 0.1) is 18.6 Å². The molecule has 94 valence electrons. The molecule has 0 aliphatic rings. The zero-order valence-electron chi connectivity index (χ0n) is 9.81. The Morgan fingerprint density at radius 3 is 2.39 bits per heavy atom. The van der Waals surface area contributed by atoms with E-state index in [4.69, 9.17) is 17.3 Å². The molecule has 0 fully saturated rings. The van der Waals surface area contributed by atoms with Gasteiger partial charge in [-0.25, -0.2) is 8.78 Å². The maximum atomic E-state index is 13.9. The normalized spacial score (nSPS) is 10.7. The van der Waals surface area contributed by atoms with Gasteiger partial charge in [0.2, 0.25) is 0 Å². The van der Waals surface area contributed by atoms with Crippen LogP contribution < -0.4 is 5.73 Å². The van der Waals surface area contributed by atoms with Crippen molar-refractivity contribution in [2.24, 2.45) is 5.73 Å². The molecule has 0 atom stereocenters. The lowest BCUT2D eigenvalue weighted by Crippen LogP contribution is -2.01. The third-order valence-corrected chi connectivity index (χ3v) is 3.09. The molecule has 0 spiro atoms. The van der Waals surface area contributed by atoms with E-state index in [0.717, 1.165) is 0 Å². The molecule has 0 amide bonds. The molecule has 0 unspecified atom stereocenters. The summed E-state index contributed by atoms with van der Waals surface area (Å²) in [5.74, 6) is -1.68. The Hall–Kier alpha value is -1.45. The molecule has 2 aromatic carbocycles. The molecule has 2 N–H and O–H groups in total. The highest BCUT2D eigenvalue weighted by Crippen LogP contribution is 2.30. The fourth-order valence-electron chi connectivity index (χ4n) is 1.85. The van der Waals surface area contributed by atoms with Crippen LogP contribution in [-0.2, 0) is 6.54 Å². The van der Waals surface area contributed by atoms with Crippen LogP contribution >= 0.6 is 11.6 Å². The third kappa shape index (κ3) is 2.24. The SMILES string of the molecule is Cc1ccc(-c2ccc(Cl)cc2CN)c(F)c1F. The lowest BCUT2D eigenvalue weighted by molar-refractivity contribution is 0.505. The number of rotatable bonds is 2. The molecule has 0 bridgehead atoms. The van der Waals surface area contributed by atoms with Crippen molar-refractivity contribution in [3.05, 3.63) is 58.1 Å². The predicted octanol–water partition coefficient (Wildman–Crippen LogP) is 4.05. The van der Waals surface area contributed by atoms with Gasteiger partial charge in [-0.2, -0.15) is 0 Å². The Balaban J connectivity index is 2.66. The van der Waals surface area contributed by atoms with Crippen molar-refractivity contribution in [2.75, 3.05) is 0 Å². The van der Waals surface area contributed by atoms with Crippen LogP contribution in [0.15, 0.2) is 30.3 Å². The summed E-state index contributed by atoms with van der Waals surface area (Å²) in [6, 6.07) is 8.04. The molecule has 2 rings (SSSR count). The summed E-state index contributed by atoms with van der Waals surface area (Å²) in [4.78, 5) is 0. The summed E-state index contributed by atoms with van der Waals surface area (Å²) in [5, 5.41) is 0.521. The minimum Gasteiger partial charge on any atom is -0.326 e. The zero-order valence-corrected chi connectivity index (χ0v) is 10.6. The lowest BCUT2D eigenvalue weighted by Gasteiger charge is -2.11. The number of aryl methyl sites for hydroxylation is 1. The van der Waals surface area contributed by atoms with E-state index in [9.17, 15) is 8.78 Å². The molecule has 2 aromatic rings. The predicted molar refractivity (Wildman–Crippen MR) is 69.4 cm³/mol. The van der Waals surface area contributed by atoms with Crippen molar-refractivity contribution < 1.29 is 8.78 Å². The fraction of sp³-hybridized carbons (Fsp3) is 0.143. The van der Waals surface area contributed by atoms with Gasteiger partial charge < -0.3 is 5.73 Å². The van der Waals surface area contributed by atoms with Crippen LogP contribution in [-0.4, -0.2) is 0 Å². The molecule has 0 radical (unpaired) electrons. The Morgan fingerprint density at radius 1 is 1.06 bits per heavy atom. The van der Waals surface area contributed by atoms with Crippen molar-refractivity contribution in [2.45, 2.75) is 13.5 Å². The summed E-state index contributed by atoms with van der Waals surface area (Å²) >= 11 is 5.86. The van der Waals surface area contributed by atoms with Crippen LogP contribution in [0.4, 0.5) is 8.78 Å². The number of halogens is 3. The van der Waals surface area contributed by atoms with E-state index in [-0.39, 0.29) is 17.7 Å². The van der Waals surface area contributed by atoms with Gasteiger partial charge in [0.05, 0.1) is 0 Å². The highest BCUT2D eigenvalue weighted by molar-refractivity contribution is 6.30.